The number of unbranched alkanes of at least 4 members (excludes halogenated alkanes) is 2. The van der Waals surface area contributed by atoms with Crippen molar-refractivity contribution in [3.8, 4) is 0 Å². The predicted molar refractivity (Wildman–Crippen MR) is 77.0 cm³/mol. The zero-order valence-corrected chi connectivity index (χ0v) is 11.6. The van der Waals surface area contributed by atoms with Crippen LogP contribution in [-0.2, 0) is 11.5 Å². The molecule has 0 aliphatic carbocycles. The SMILES string of the molecule is CCCCCC1SCc2ccccc2CS1. The maximum absolute atomic E-state index is 2.29. The molecule has 0 N–H and O–H groups in total. The average Bonchev–Trinajstić information content (AvgIpc) is 2.53. The third kappa shape index (κ3) is 3.46. The zero-order valence-electron chi connectivity index (χ0n) is 9.95. The van der Waals surface area contributed by atoms with Crippen LogP contribution in [-0.4, -0.2) is 4.58 Å². The van der Waals surface area contributed by atoms with Crippen LogP contribution < -0.4 is 0 Å². The monoisotopic (exact) mass is 252 g/mol. The quantitative estimate of drug-likeness (QED) is 0.686. The number of benzene rings is 1. The van der Waals surface area contributed by atoms with E-state index in [0.717, 1.165) is 4.58 Å². The highest BCUT2D eigenvalue weighted by molar-refractivity contribution is 8.16. The third-order valence-electron chi connectivity index (χ3n) is 3.01. The van der Waals surface area contributed by atoms with Crippen LogP contribution >= 0.6 is 23.5 Å². The summed E-state index contributed by atoms with van der Waals surface area (Å²) in [6, 6.07) is 8.91. The summed E-state index contributed by atoms with van der Waals surface area (Å²) in [6.45, 7) is 2.28. The Morgan fingerprint density at radius 3 is 2.25 bits per heavy atom. The smallest absolute Gasteiger partial charge is 0.0509 e. The molecule has 0 nitrogen and oxygen atoms in total. The number of thioether (sulfide) groups is 2. The van der Waals surface area contributed by atoms with Crippen LogP contribution in [0.2, 0.25) is 0 Å². The van der Waals surface area contributed by atoms with E-state index in [2.05, 4.69) is 54.7 Å². The van der Waals surface area contributed by atoms with Gasteiger partial charge in [-0.3, -0.25) is 0 Å². The van der Waals surface area contributed by atoms with Crippen LogP contribution in [0.5, 0.6) is 0 Å². The van der Waals surface area contributed by atoms with Gasteiger partial charge >= 0.3 is 0 Å². The molecule has 0 bridgehead atoms. The Bertz CT molecular complexity index is 295. The van der Waals surface area contributed by atoms with Gasteiger partial charge in [0.1, 0.15) is 0 Å². The second kappa shape index (κ2) is 6.61. The maximum Gasteiger partial charge on any atom is 0.0509 e. The van der Waals surface area contributed by atoms with Crippen LogP contribution in [0.3, 0.4) is 0 Å². The lowest BCUT2D eigenvalue weighted by molar-refractivity contribution is 0.697. The van der Waals surface area contributed by atoms with Crippen molar-refractivity contribution in [1.29, 1.82) is 0 Å². The minimum absolute atomic E-state index is 0.818. The summed E-state index contributed by atoms with van der Waals surface area (Å²) in [5, 5.41) is 0. The van der Waals surface area contributed by atoms with Gasteiger partial charge in [-0.25, -0.2) is 0 Å². The molecule has 0 unspecified atom stereocenters. The largest absolute Gasteiger partial charge is 0.143 e. The van der Waals surface area contributed by atoms with Crippen molar-refractivity contribution < 1.29 is 0 Å². The summed E-state index contributed by atoms with van der Waals surface area (Å²) >= 11 is 4.28. The highest BCUT2D eigenvalue weighted by atomic mass is 32.2. The minimum atomic E-state index is 0.818. The van der Waals surface area contributed by atoms with Crippen LogP contribution in [0.1, 0.15) is 43.7 Å². The van der Waals surface area contributed by atoms with E-state index in [0.29, 0.717) is 0 Å². The first-order valence-electron chi connectivity index (χ1n) is 6.20. The molecule has 1 heterocycles. The van der Waals surface area contributed by atoms with Gasteiger partial charge in [-0.1, -0.05) is 50.5 Å². The molecule has 0 aromatic heterocycles. The Kier molecular flexibility index (Phi) is 5.11. The lowest BCUT2D eigenvalue weighted by atomic mass is 10.1. The minimum Gasteiger partial charge on any atom is -0.143 e. The average molecular weight is 252 g/mol. The molecule has 1 aromatic rings. The Morgan fingerprint density at radius 1 is 1.06 bits per heavy atom. The van der Waals surface area contributed by atoms with Crippen LogP contribution in [0.4, 0.5) is 0 Å². The highest BCUT2D eigenvalue weighted by Crippen LogP contribution is 2.37. The molecular weight excluding hydrogens is 232 g/mol. The summed E-state index contributed by atoms with van der Waals surface area (Å²) < 4.78 is 0.818. The van der Waals surface area contributed by atoms with E-state index in [1.807, 2.05) is 0 Å². The standard InChI is InChI=1S/C14H20S2/c1-2-3-4-9-14-15-10-12-7-5-6-8-13(12)11-16-14/h5-8,14H,2-4,9-11H2,1H3. The van der Waals surface area contributed by atoms with Gasteiger partial charge in [0.25, 0.3) is 0 Å². The number of hydrogen-bond acceptors (Lipinski definition) is 2. The summed E-state index contributed by atoms with van der Waals surface area (Å²) in [7, 11) is 0. The molecule has 0 fully saturated rings. The molecule has 0 amide bonds. The van der Waals surface area contributed by atoms with Crippen molar-refractivity contribution >= 4 is 23.5 Å². The molecule has 0 radical (unpaired) electrons. The molecule has 1 aliphatic heterocycles. The van der Waals surface area contributed by atoms with Crippen molar-refractivity contribution in [2.75, 3.05) is 0 Å². The topological polar surface area (TPSA) is 0 Å². The Hall–Kier alpha value is -0.0800. The summed E-state index contributed by atoms with van der Waals surface area (Å²) in [4.78, 5) is 0. The van der Waals surface area contributed by atoms with Crippen molar-refractivity contribution in [3.63, 3.8) is 0 Å². The fraction of sp³-hybridized carbons (Fsp3) is 0.571. The van der Waals surface area contributed by atoms with E-state index >= 15 is 0 Å². The van der Waals surface area contributed by atoms with E-state index in [1.165, 1.54) is 37.2 Å². The van der Waals surface area contributed by atoms with E-state index < -0.39 is 0 Å². The number of hydrogen-bond donors (Lipinski definition) is 0. The molecule has 2 heteroatoms. The zero-order chi connectivity index (χ0) is 11.2. The van der Waals surface area contributed by atoms with E-state index in [1.54, 1.807) is 11.1 Å². The van der Waals surface area contributed by atoms with Crippen LogP contribution in [0.25, 0.3) is 0 Å². The first kappa shape index (κ1) is 12.4. The second-order valence-electron chi connectivity index (χ2n) is 4.32. The molecule has 0 saturated carbocycles. The number of fused-ring (bicyclic) bond motifs is 1. The van der Waals surface area contributed by atoms with Gasteiger partial charge < -0.3 is 0 Å². The molecule has 0 atom stereocenters. The van der Waals surface area contributed by atoms with Crippen molar-refractivity contribution in [2.45, 2.75) is 48.7 Å². The fourth-order valence-corrected chi connectivity index (χ4v) is 4.73. The van der Waals surface area contributed by atoms with Gasteiger partial charge in [-0.2, -0.15) is 0 Å². The van der Waals surface area contributed by atoms with Gasteiger partial charge in [0.05, 0.1) is 4.58 Å². The van der Waals surface area contributed by atoms with Gasteiger partial charge in [0.2, 0.25) is 0 Å². The van der Waals surface area contributed by atoms with Crippen molar-refractivity contribution in [3.05, 3.63) is 35.4 Å². The Balaban J connectivity index is 1.87. The maximum atomic E-state index is 2.29. The van der Waals surface area contributed by atoms with Gasteiger partial charge in [-0.05, 0) is 17.5 Å². The van der Waals surface area contributed by atoms with Crippen molar-refractivity contribution in [1.82, 2.24) is 0 Å². The molecule has 1 aromatic carbocycles. The molecule has 16 heavy (non-hydrogen) atoms. The Morgan fingerprint density at radius 2 is 1.69 bits per heavy atom. The van der Waals surface area contributed by atoms with Crippen LogP contribution in [0, 0.1) is 0 Å². The predicted octanol–water partition coefficient (Wildman–Crippen LogP) is 5.07. The third-order valence-corrected chi connectivity index (χ3v) is 6.00. The lowest BCUT2D eigenvalue weighted by Crippen LogP contribution is -1.95. The summed E-state index contributed by atoms with van der Waals surface area (Å²) in [6.07, 6.45) is 5.52. The van der Waals surface area contributed by atoms with E-state index in [4.69, 9.17) is 0 Å². The van der Waals surface area contributed by atoms with E-state index in [9.17, 15) is 0 Å². The van der Waals surface area contributed by atoms with E-state index in [-0.39, 0.29) is 0 Å². The summed E-state index contributed by atoms with van der Waals surface area (Å²) in [5.74, 6) is 2.42. The second-order valence-corrected chi connectivity index (χ2v) is 7.00. The molecule has 88 valence electrons. The normalized spacial score (nSPS) is 16.8. The molecule has 1 aliphatic rings. The first-order valence-corrected chi connectivity index (χ1v) is 8.30. The summed E-state index contributed by atoms with van der Waals surface area (Å²) in [5.41, 5.74) is 3.11. The molecule has 0 saturated heterocycles. The van der Waals surface area contributed by atoms with Gasteiger partial charge in [-0.15, -0.1) is 23.5 Å². The number of rotatable bonds is 4. The Labute approximate surface area is 108 Å². The molecule has 0 spiro atoms. The molecule has 2 rings (SSSR count). The van der Waals surface area contributed by atoms with Crippen molar-refractivity contribution in [2.24, 2.45) is 0 Å². The van der Waals surface area contributed by atoms with Gasteiger partial charge in [0.15, 0.2) is 0 Å². The van der Waals surface area contributed by atoms with Crippen LogP contribution in [0.15, 0.2) is 24.3 Å². The first-order chi connectivity index (χ1) is 7.90. The fourth-order valence-electron chi connectivity index (χ4n) is 1.98. The van der Waals surface area contributed by atoms with Gasteiger partial charge in [0, 0.05) is 11.5 Å². The highest BCUT2D eigenvalue weighted by Gasteiger charge is 2.15. The lowest BCUT2D eigenvalue weighted by Gasteiger charge is -2.12. The molecular formula is C14H20S2.